The van der Waals surface area contributed by atoms with Crippen LogP contribution < -0.4 is 0 Å². The first-order valence-corrected chi connectivity index (χ1v) is 10.8. The SMILES string of the molecule is O=C(c1cn(-c2ccccc2)nc1-c1cccs1)N1CCOC(c2ccccc2)C1. The molecule has 5 rings (SSSR count). The quantitative estimate of drug-likeness (QED) is 0.480. The number of rotatable bonds is 4. The lowest BCUT2D eigenvalue weighted by molar-refractivity contribution is -0.0228. The lowest BCUT2D eigenvalue weighted by atomic mass is 10.1. The fourth-order valence-corrected chi connectivity index (χ4v) is 4.44. The van der Waals surface area contributed by atoms with Gasteiger partial charge in [-0.15, -0.1) is 11.3 Å². The maximum atomic E-state index is 13.6. The number of benzene rings is 2. The third-order valence-corrected chi connectivity index (χ3v) is 6.12. The molecule has 2 aromatic carbocycles. The van der Waals surface area contributed by atoms with Crippen molar-refractivity contribution in [3.8, 4) is 16.3 Å². The number of nitrogens with zero attached hydrogens (tertiary/aromatic N) is 3. The van der Waals surface area contributed by atoms with E-state index >= 15 is 0 Å². The van der Waals surface area contributed by atoms with Gasteiger partial charge < -0.3 is 9.64 Å². The third-order valence-electron chi connectivity index (χ3n) is 5.24. The molecule has 1 aliphatic heterocycles. The van der Waals surface area contributed by atoms with Crippen molar-refractivity contribution in [1.29, 1.82) is 0 Å². The van der Waals surface area contributed by atoms with E-state index in [1.807, 2.05) is 89.3 Å². The van der Waals surface area contributed by atoms with Crippen molar-refractivity contribution in [2.75, 3.05) is 19.7 Å². The van der Waals surface area contributed by atoms with E-state index in [-0.39, 0.29) is 12.0 Å². The van der Waals surface area contributed by atoms with E-state index in [4.69, 9.17) is 9.84 Å². The smallest absolute Gasteiger partial charge is 0.257 e. The molecule has 1 saturated heterocycles. The second kappa shape index (κ2) is 8.26. The van der Waals surface area contributed by atoms with Crippen molar-refractivity contribution in [2.24, 2.45) is 0 Å². The van der Waals surface area contributed by atoms with Crippen LogP contribution in [-0.2, 0) is 4.74 Å². The van der Waals surface area contributed by atoms with E-state index in [1.165, 1.54) is 0 Å². The maximum absolute atomic E-state index is 13.6. The molecule has 0 saturated carbocycles. The van der Waals surface area contributed by atoms with Gasteiger partial charge in [0.1, 0.15) is 11.8 Å². The number of carbonyl (C=O) groups excluding carboxylic acids is 1. The van der Waals surface area contributed by atoms with Crippen LogP contribution in [-0.4, -0.2) is 40.3 Å². The van der Waals surface area contributed by atoms with Crippen LogP contribution in [0.2, 0.25) is 0 Å². The maximum Gasteiger partial charge on any atom is 0.257 e. The van der Waals surface area contributed by atoms with Gasteiger partial charge in [-0.25, -0.2) is 4.68 Å². The van der Waals surface area contributed by atoms with Gasteiger partial charge in [0.05, 0.1) is 29.3 Å². The van der Waals surface area contributed by atoms with Crippen molar-refractivity contribution in [3.05, 3.63) is 95.5 Å². The predicted octanol–water partition coefficient (Wildman–Crippen LogP) is 4.81. The number of thiophene rings is 1. The molecule has 0 N–H and O–H groups in total. The van der Waals surface area contributed by atoms with Crippen molar-refractivity contribution in [3.63, 3.8) is 0 Å². The van der Waals surface area contributed by atoms with Gasteiger partial charge in [0.2, 0.25) is 0 Å². The second-order valence-corrected chi connectivity index (χ2v) is 8.12. The fourth-order valence-electron chi connectivity index (χ4n) is 3.71. The summed E-state index contributed by atoms with van der Waals surface area (Å²) in [7, 11) is 0. The largest absolute Gasteiger partial charge is 0.370 e. The average Bonchev–Trinajstić information content (AvgIpc) is 3.50. The number of carbonyl (C=O) groups is 1. The summed E-state index contributed by atoms with van der Waals surface area (Å²) >= 11 is 1.59. The zero-order valence-electron chi connectivity index (χ0n) is 16.3. The van der Waals surface area contributed by atoms with Crippen LogP contribution in [0.25, 0.3) is 16.3 Å². The topological polar surface area (TPSA) is 47.4 Å². The van der Waals surface area contributed by atoms with Gasteiger partial charge >= 0.3 is 0 Å². The number of hydrogen-bond acceptors (Lipinski definition) is 4. The summed E-state index contributed by atoms with van der Waals surface area (Å²) in [5.41, 5.74) is 3.36. The summed E-state index contributed by atoms with van der Waals surface area (Å²) in [5, 5.41) is 6.77. The summed E-state index contributed by atoms with van der Waals surface area (Å²) in [6.45, 7) is 1.62. The number of hydrogen-bond donors (Lipinski definition) is 0. The van der Waals surface area contributed by atoms with E-state index in [0.29, 0.717) is 25.3 Å². The van der Waals surface area contributed by atoms with Gasteiger partial charge in [0.15, 0.2) is 0 Å². The molecular weight excluding hydrogens is 394 g/mol. The number of ether oxygens (including phenoxy) is 1. The molecule has 2 aromatic heterocycles. The normalized spacial score (nSPS) is 16.5. The Morgan fingerprint density at radius 2 is 1.77 bits per heavy atom. The van der Waals surface area contributed by atoms with Crippen molar-refractivity contribution in [1.82, 2.24) is 14.7 Å². The van der Waals surface area contributed by atoms with Crippen molar-refractivity contribution in [2.45, 2.75) is 6.10 Å². The Kier molecular flexibility index (Phi) is 5.17. The molecule has 30 heavy (non-hydrogen) atoms. The summed E-state index contributed by atoms with van der Waals surface area (Å²) in [6.07, 6.45) is 1.73. The lowest BCUT2D eigenvalue weighted by Crippen LogP contribution is -2.42. The molecule has 3 heterocycles. The van der Waals surface area contributed by atoms with E-state index in [0.717, 1.165) is 21.8 Å². The number of amides is 1. The first-order valence-electron chi connectivity index (χ1n) is 9.94. The zero-order valence-corrected chi connectivity index (χ0v) is 17.2. The van der Waals surface area contributed by atoms with E-state index < -0.39 is 0 Å². The van der Waals surface area contributed by atoms with Gasteiger partial charge in [0, 0.05) is 12.7 Å². The molecule has 0 bridgehead atoms. The Labute approximate surface area is 179 Å². The molecule has 0 radical (unpaired) electrons. The minimum absolute atomic E-state index is 0.00943. The fraction of sp³-hybridized carbons (Fsp3) is 0.167. The van der Waals surface area contributed by atoms with Crippen molar-refractivity contribution >= 4 is 17.2 Å². The Bertz CT molecular complexity index is 1120. The highest BCUT2D eigenvalue weighted by Gasteiger charge is 2.29. The standard InChI is InChI=1S/C24H21N3O2S/c28-24(26-13-14-29-21(17-26)18-8-3-1-4-9-18)20-16-27(19-10-5-2-6-11-19)25-23(20)22-12-7-15-30-22/h1-12,15-16,21H,13-14,17H2. The predicted molar refractivity (Wildman–Crippen MR) is 118 cm³/mol. The Morgan fingerprint density at radius 3 is 2.50 bits per heavy atom. The second-order valence-electron chi connectivity index (χ2n) is 7.17. The van der Waals surface area contributed by atoms with Gasteiger partial charge in [-0.2, -0.15) is 5.10 Å². The van der Waals surface area contributed by atoms with Gasteiger partial charge in [0.25, 0.3) is 5.91 Å². The molecule has 5 nitrogen and oxygen atoms in total. The number of para-hydroxylation sites is 1. The van der Waals surface area contributed by atoms with Gasteiger partial charge in [-0.05, 0) is 29.1 Å². The van der Waals surface area contributed by atoms with E-state index in [9.17, 15) is 4.79 Å². The minimum Gasteiger partial charge on any atom is -0.370 e. The van der Waals surface area contributed by atoms with Crippen LogP contribution in [0.4, 0.5) is 0 Å². The third kappa shape index (κ3) is 3.67. The first kappa shape index (κ1) is 18.8. The first-order chi connectivity index (χ1) is 14.8. The van der Waals surface area contributed by atoms with Crippen LogP contribution in [0.3, 0.4) is 0 Å². The highest BCUT2D eigenvalue weighted by Crippen LogP contribution is 2.30. The van der Waals surface area contributed by atoms with Crippen LogP contribution >= 0.6 is 11.3 Å². The molecule has 1 amide bonds. The molecular formula is C24H21N3O2S. The summed E-state index contributed by atoms with van der Waals surface area (Å²) in [5.74, 6) is -0.00943. The molecule has 1 atom stereocenters. The average molecular weight is 416 g/mol. The van der Waals surface area contributed by atoms with Crippen LogP contribution in [0.1, 0.15) is 22.0 Å². The van der Waals surface area contributed by atoms with Gasteiger partial charge in [-0.1, -0.05) is 54.6 Å². The molecule has 0 aliphatic carbocycles. The van der Waals surface area contributed by atoms with Gasteiger partial charge in [-0.3, -0.25) is 4.79 Å². The Hall–Kier alpha value is -3.22. The van der Waals surface area contributed by atoms with E-state index in [2.05, 4.69) is 0 Å². The lowest BCUT2D eigenvalue weighted by Gasteiger charge is -2.33. The molecule has 1 unspecified atom stereocenters. The molecule has 6 heteroatoms. The molecule has 150 valence electrons. The summed E-state index contributed by atoms with van der Waals surface area (Å²) < 4.78 is 7.73. The molecule has 1 fully saturated rings. The highest BCUT2D eigenvalue weighted by molar-refractivity contribution is 7.13. The van der Waals surface area contributed by atoms with Crippen molar-refractivity contribution < 1.29 is 9.53 Å². The highest BCUT2D eigenvalue weighted by atomic mass is 32.1. The summed E-state index contributed by atoms with van der Waals surface area (Å²) in [6, 6.07) is 23.9. The summed E-state index contributed by atoms with van der Waals surface area (Å²) in [4.78, 5) is 16.4. The molecule has 1 aliphatic rings. The molecule has 4 aromatic rings. The van der Waals surface area contributed by atoms with E-state index in [1.54, 1.807) is 16.0 Å². The number of aromatic nitrogens is 2. The Balaban J connectivity index is 1.48. The minimum atomic E-state index is -0.113. The van der Waals surface area contributed by atoms with Crippen LogP contribution in [0.15, 0.2) is 84.4 Å². The number of morpholine rings is 1. The molecule has 0 spiro atoms. The van der Waals surface area contributed by atoms with Crippen LogP contribution in [0, 0.1) is 0 Å². The van der Waals surface area contributed by atoms with Crippen LogP contribution in [0.5, 0.6) is 0 Å². The monoisotopic (exact) mass is 415 g/mol. The Morgan fingerprint density at radius 1 is 1.00 bits per heavy atom. The zero-order chi connectivity index (χ0) is 20.3.